The van der Waals surface area contributed by atoms with Crippen molar-refractivity contribution in [3.8, 4) is 0 Å². The van der Waals surface area contributed by atoms with E-state index < -0.39 is 0 Å². The number of hydrogen-bond acceptors (Lipinski definition) is 6. The lowest BCUT2D eigenvalue weighted by Gasteiger charge is -2.21. The predicted molar refractivity (Wildman–Crippen MR) is 83.9 cm³/mol. The van der Waals surface area contributed by atoms with Gasteiger partial charge in [0.1, 0.15) is 0 Å². The molecule has 0 radical (unpaired) electrons. The third-order valence-electron chi connectivity index (χ3n) is 4.33. The number of nitrogens with one attached hydrogen (secondary N) is 1. The molecule has 0 aromatic carbocycles. The summed E-state index contributed by atoms with van der Waals surface area (Å²) in [6.07, 6.45) is 1.97. The molecule has 1 aliphatic rings. The Bertz CT molecular complexity index is 720. The zero-order valence-corrected chi connectivity index (χ0v) is 14.0. The summed E-state index contributed by atoms with van der Waals surface area (Å²) in [5, 5.41) is 11.3. The SMILES string of the molecule is Cc1nc([C@@H]2CCCN2CC(=O)Nc2c(C)nn(C)c2C)no1. The van der Waals surface area contributed by atoms with E-state index in [1.807, 2.05) is 20.9 Å². The van der Waals surface area contributed by atoms with Gasteiger partial charge >= 0.3 is 0 Å². The second-order valence-corrected chi connectivity index (χ2v) is 6.02. The molecule has 1 fully saturated rings. The Morgan fingerprint density at radius 1 is 1.39 bits per heavy atom. The highest BCUT2D eigenvalue weighted by Gasteiger charge is 2.31. The Morgan fingerprint density at radius 2 is 2.17 bits per heavy atom. The Morgan fingerprint density at radius 3 is 2.78 bits per heavy atom. The highest BCUT2D eigenvalue weighted by molar-refractivity contribution is 5.93. The van der Waals surface area contributed by atoms with E-state index >= 15 is 0 Å². The van der Waals surface area contributed by atoms with E-state index in [1.54, 1.807) is 11.6 Å². The maximum absolute atomic E-state index is 12.4. The first-order valence-electron chi connectivity index (χ1n) is 7.80. The number of rotatable bonds is 4. The zero-order chi connectivity index (χ0) is 16.6. The van der Waals surface area contributed by atoms with Crippen LogP contribution in [-0.2, 0) is 11.8 Å². The minimum absolute atomic E-state index is 0.0451. The fourth-order valence-corrected chi connectivity index (χ4v) is 3.08. The van der Waals surface area contributed by atoms with Crippen LogP contribution in [0.5, 0.6) is 0 Å². The van der Waals surface area contributed by atoms with Crippen molar-refractivity contribution < 1.29 is 9.32 Å². The topological polar surface area (TPSA) is 89.1 Å². The lowest BCUT2D eigenvalue weighted by molar-refractivity contribution is -0.117. The number of likely N-dealkylation sites (tertiary alicyclic amines) is 1. The van der Waals surface area contributed by atoms with Gasteiger partial charge in [0, 0.05) is 14.0 Å². The van der Waals surface area contributed by atoms with Crippen molar-refractivity contribution in [2.24, 2.45) is 7.05 Å². The van der Waals surface area contributed by atoms with Crippen molar-refractivity contribution in [3.05, 3.63) is 23.1 Å². The molecule has 124 valence electrons. The average Bonchev–Trinajstić information content (AvgIpc) is 3.16. The number of aromatic nitrogens is 4. The number of carbonyl (C=O) groups excluding carboxylic acids is 1. The second-order valence-electron chi connectivity index (χ2n) is 6.02. The lowest BCUT2D eigenvalue weighted by atomic mass is 10.2. The van der Waals surface area contributed by atoms with Crippen molar-refractivity contribution in [1.29, 1.82) is 0 Å². The Balaban J connectivity index is 1.67. The molecule has 2 aromatic heterocycles. The van der Waals surface area contributed by atoms with Crippen LogP contribution < -0.4 is 5.32 Å². The smallest absolute Gasteiger partial charge is 0.238 e. The van der Waals surface area contributed by atoms with Crippen molar-refractivity contribution in [2.75, 3.05) is 18.4 Å². The standard InChI is InChI=1S/C15H22N6O2/c1-9-14(10(2)20(4)18-9)17-13(22)8-21-7-5-6-12(21)15-16-11(3)23-19-15/h12H,5-8H2,1-4H3,(H,17,22)/t12-/m0/s1. The number of hydrogen-bond donors (Lipinski definition) is 1. The molecular weight excluding hydrogens is 296 g/mol. The van der Waals surface area contributed by atoms with E-state index in [2.05, 4.69) is 25.5 Å². The number of amides is 1. The fourth-order valence-electron chi connectivity index (χ4n) is 3.08. The van der Waals surface area contributed by atoms with Crippen LogP contribution in [0.2, 0.25) is 0 Å². The molecule has 1 atom stereocenters. The molecule has 3 heterocycles. The van der Waals surface area contributed by atoms with Crippen LogP contribution in [0.4, 0.5) is 5.69 Å². The first-order chi connectivity index (χ1) is 11.0. The van der Waals surface area contributed by atoms with E-state index in [0.717, 1.165) is 36.5 Å². The molecule has 0 bridgehead atoms. The molecule has 0 saturated carbocycles. The third kappa shape index (κ3) is 3.12. The first kappa shape index (κ1) is 15.7. The molecule has 2 aromatic rings. The van der Waals surface area contributed by atoms with E-state index in [1.165, 1.54) is 0 Å². The number of carbonyl (C=O) groups is 1. The molecule has 0 spiro atoms. The molecular formula is C15H22N6O2. The predicted octanol–water partition coefficient (Wildman–Crippen LogP) is 1.50. The Labute approximate surface area is 134 Å². The molecule has 1 aliphatic heterocycles. The van der Waals surface area contributed by atoms with Gasteiger partial charge in [0.05, 0.1) is 29.7 Å². The van der Waals surface area contributed by atoms with Gasteiger partial charge in [-0.15, -0.1) is 0 Å². The maximum Gasteiger partial charge on any atom is 0.238 e. The molecule has 3 rings (SSSR count). The highest BCUT2D eigenvalue weighted by Crippen LogP contribution is 2.29. The van der Waals surface area contributed by atoms with Crippen LogP contribution in [0.3, 0.4) is 0 Å². The Hall–Kier alpha value is -2.22. The van der Waals surface area contributed by atoms with Crippen molar-refractivity contribution in [2.45, 2.75) is 39.7 Å². The van der Waals surface area contributed by atoms with Gasteiger partial charge in [0.25, 0.3) is 0 Å². The first-order valence-corrected chi connectivity index (χ1v) is 7.80. The van der Waals surface area contributed by atoms with Crippen molar-refractivity contribution >= 4 is 11.6 Å². The van der Waals surface area contributed by atoms with Crippen LogP contribution in [0.1, 0.15) is 42.0 Å². The van der Waals surface area contributed by atoms with Gasteiger partial charge in [-0.3, -0.25) is 14.4 Å². The summed E-state index contributed by atoms with van der Waals surface area (Å²) in [6, 6.07) is 0.0503. The van der Waals surface area contributed by atoms with E-state index in [0.29, 0.717) is 18.3 Å². The van der Waals surface area contributed by atoms with Crippen LogP contribution in [-0.4, -0.2) is 43.8 Å². The summed E-state index contributed by atoms with van der Waals surface area (Å²) in [6.45, 7) is 6.78. The Kier molecular flexibility index (Phi) is 4.16. The van der Waals surface area contributed by atoms with Gasteiger partial charge in [-0.05, 0) is 33.2 Å². The van der Waals surface area contributed by atoms with Crippen LogP contribution in [0.25, 0.3) is 0 Å². The molecule has 1 saturated heterocycles. The van der Waals surface area contributed by atoms with Crippen LogP contribution >= 0.6 is 0 Å². The molecule has 23 heavy (non-hydrogen) atoms. The lowest BCUT2D eigenvalue weighted by Crippen LogP contribution is -2.33. The normalized spacial score (nSPS) is 18.5. The van der Waals surface area contributed by atoms with E-state index in [-0.39, 0.29) is 11.9 Å². The summed E-state index contributed by atoms with van der Waals surface area (Å²) in [4.78, 5) is 18.8. The minimum atomic E-state index is -0.0451. The highest BCUT2D eigenvalue weighted by atomic mass is 16.5. The fraction of sp³-hybridized carbons (Fsp3) is 0.600. The molecule has 1 amide bonds. The quantitative estimate of drug-likeness (QED) is 0.919. The zero-order valence-electron chi connectivity index (χ0n) is 14.0. The third-order valence-corrected chi connectivity index (χ3v) is 4.33. The van der Waals surface area contributed by atoms with Crippen molar-refractivity contribution in [3.63, 3.8) is 0 Å². The molecule has 8 heteroatoms. The number of aryl methyl sites for hydroxylation is 3. The largest absolute Gasteiger partial charge is 0.340 e. The summed E-state index contributed by atoms with van der Waals surface area (Å²) in [5.41, 5.74) is 2.57. The maximum atomic E-state index is 12.4. The van der Waals surface area contributed by atoms with Gasteiger partial charge < -0.3 is 9.84 Å². The molecule has 0 aliphatic carbocycles. The van der Waals surface area contributed by atoms with Gasteiger partial charge in [0.2, 0.25) is 11.8 Å². The van der Waals surface area contributed by atoms with Gasteiger partial charge in [-0.2, -0.15) is 10.1 Å². The van der Waals surface area contributed by atoms with Crippen LogP contribution in [0.15, 0.2) is 4.52 Å². The second kappa shape index (κ2) is 6.11. The molecule has 0 unspecified atom stereocenters. The van der Waals surface area contributed by atoms with Crippen molar-refractivity contribution in [1.82, 2.24) is 24.8 Å². The summed E-state index contributed by atoms with van der Waals surface area (Å²) < 4.78 is 6.83. The monoisotopic (exact) mass is 318 g/mol. The minimum Gasteiger partial charge on any atom is -0.340 e. The molecule has 8 nitrogen and oxygen atoms in total. The van der Waals surface area contributed by atoms with Crippen LogP contribution in [0, 0.1) is 20.8 Å². The molecule has 1 N–H and O–H groups in total. The van der Waals surface area contributed by atoms with E-state index in [4.69, 9.17) is 4.52 Å². The van der Waals surface area contributed by atoms with Gasteiger partial charge in [-0.1, -0.05) is 5.16 Å². The summed E-state index contributed by atoms with van der Waals surface area (Å²) in [7, 11) is 1.87. The van der Waals surface area contributed by atoms with Gasteiger partial charge in [-0.25, -0.2) is 0 Å². The van der Waals surface area contributed by atoms with Gasteiger partial charge in [0.15, 0.2) is 5.82 Å². The number of anilines is 1. The summed E-state index contributed by atoms with van der Waals surface area (Å²) in [5.74, 6) is 1.18. The number of nitrogens with zero attached hydrogens (tertiary/aromatic N) is 5. The average molecular weight is 318 g/mol. The van der Waals surface area contributed by atoms with E-state index in [9.17, 15) is 4.79 Å². The summed E-state index contributed by atoms with van der Waals surface area (Å²) >= 11 is 0.